The van der Waals surface area contributed by atoms with E-state index in [0.29, 0.717) is 11.2 Å². The molecule has 1 heterocycles. The van der Waals surface area contributed by atoms with Crippen molar-refractivity contribution < 1.29 is 5.11 Å². The van der Waals surface area contributed by atoms with Gasteiger partial charge in [0.1, 0.15) is 0 Å². The Bertz CT molecular complexity index is 165. The van der Waals surface area contributed by atoms with Gasteiger partial charge >= 0.3 is 0 Å². The fourth-order valence-electron chi connectivity index (χ4n) is 2.43. The van der Waals surface area contributed by atoms with Gasteiger partial charge < -0.3 is 10.8 Å². The molecular formula is C9H17NOS. The third-order valence-corrected chi connectivity index (χ3v) is 4.66. The van der Waals surface area contributed by atoms with E-state index in [2.05, 4.69) is 0 Å². The highest BCUT2D eigenvalue weighted by Gasteiger charge is 2.39. The average Bonchev–Trinajstić information content (AvgIpc) is 2.29. The van der Waals surface area contributed by atoms with Gasteiger partial charge in [-0.2, -0.15) is 11.8 Å². The molecule has 1 aliphatic heterocycles. The Kier molecular flexibility index (Phi) is 2.63. The second-order valence-electron chi connectivity index (χ2n) is 3.96. The number of hydrogen-bond donors (Lipinski definition) is 2. The van der Waals surface area contributed by atoms with E-state index in [1.165, 1.54) is 19.3 Å². The summed E-state index contributed by atoms with van der Waals surface area (Å²) in [6.45, 7) is 0. The zero-order valence-corrected chi connectivity index (χ0v) is 8.09. The fourth-order valence-corrected chi connectivity index (χ4v) is 4.06. The predicted molar refractivity (Wildman–Crippen MR) is 52.2 cm³/mol. The molecule has 0 spiro atoms. The highest BCUT2D eigenvalue weighted by molar-refractivity contribution is 8.00. The van der Waals surface area contributed by atoms with Crippen LogP contribution in [-0.4, -0.2) is 28.3 Å². The number of aliphatic hydroxyl groups is 1. The van der Waals surface area contributed by atoms with Crippen LogP contribution in [0.15, 0.2) is 0 Å². The van der Waals surface area contributed by atoms with Crippen molar-refractivity contribution in [3.63, 3.8) is 0 Å². The molecule has 12 heavy (non-hydrogen) atoms. The van der Waals surface area contributed by atoms with E-state index >= 15 is 0 Å². The highest BCUT2D eigenvalue weighted by atomic mass is 32.2. The van der Waals surface area contributed by atoms with Gasteiger partial charge in [-0.25, -0.2) is 0 Å². The number of fused-ring (bicyclic) bond motifs is 1. The first-order valence-corrected chi connectivity index (χ1v) is 5.89. The van der Waals surface area contributed by atoms with Gasteiger partial charge in [-0.05, 0) is 12.8 Å². The van der Waals surface area contributed by atoms with E-state index in [1.807, 2.05) is 11.8 Å². The standard InChI is InChI=1S/C9H17NOS/c10-6-5-12-8-4-2-1-3-7(11)9(6)8/h6-9,11H,1-5,10H2. The van der Waals surface area contributed by atoms with Crippen LogP contribution in [0.1, 0.15) is 25.7 Å². The van der Waals surface area contributed by atoms with Crippen LogP contribution in [0.2, 0.25) is 0 Å². The normalized spacial score (nSPS) is 48.5. The lowest BCUT2D eigenvalue weighted by atomic mass is 9.91. The maximum Gasteiger partial charge on any atom is 0.0594 e. The van der Waals surface area contributed by atoms with Gasteiger partial charge in [0, 0.05) is 23.0 Å². The molecule has 0 bridgehead atoms. The van der Waals surface area contributed by atoms with Gasteiger partial charge in [0.2, 0.25) is 0 Å². The molecule has 1 saturated heterocycles. The summed E-state index contributed by atoms with van der Waals surface area (Å²) in [5.74, 6) is 1.43. The van der Waals surface area contributed by atoms with Crippen LogP contribution < -0.4 is 5.73 Å². The van der Waals surface area contributed by atoms with E-state index in [-0.39, 0.29) is 12.1 Å². The number of aliphatic hydroxyl groups excluding tert-OH is 1. The lowest BCUT2D eigenvalue weighted by Crippen LogP contribution is -2.39. The molecule has 2 nitrogen and oxygen atoms in total. The minimum atomic E-state index is -0.123. The molecular weight excluding hydrogens is 170 g/mol. The van der Waals surface area contributed by atoms with Crippen LogP contribution in [0.4, 0.5) is 0 Å². The van der Waals surface area contributed by atoms with Crippen LogP contribution in [0.5, 0.6) is 0 Å². The van der Waals surface area contributed by atoms with Gasteiger partial charge in [-0.15, -0.1) is 0 Å². The Labute approximate surface area is 77.9 Å². The Hall–Kier alpha value is 0.270. The van der Waals surface area contributed by atoms with Gasteiger partial charge in [0.05, 0.1) is 6.10 Å². The lowest BCUT2D eigenvalue weighted by molar-refractivity contribution is 0.0968. The number of rotatable bonds is 0. The van der Waals surface area contributed by atoms with Crippen molar-refractivity contribution in [2.24, 2.45) is 11.7 Å². The van der Waals surface area contributed by atoms with Crippen LogP contribution >= 0.6 is 11.8 Å². The summed E-state index contributed by atoms with van der Waals surface area (Å²) < 4.78 is 0. The van der Waals surface area contributed by atoms with E-state index in [0.717, 1.165) is 12.2 Å². The summed E-state index contributed by atoms with van der Waals surface area (Å²) in [6.07, 6.45) is 4.57. The second kappa shape index (κ2) is 3.56. The third kappa shape index (κ3) is 1.50. The van der Waals surface area contributed by atoms with Gasteiger partial charge in [0.25, 0.3) is 0 Å². The largest absolute Gasteiger partial charge is 0.393 e. The quantitative estimate of drug-likeness (QED) is 0.594. The third-order valence-electron chi connectivity index (χ3n) is 3.11. The maximum absolute atomic E-state index is 9.84. The molecule has 1 saturated carbocycles. The summed E-state index contributed by atoms with van der Waals surface area (Å²) in [5, 5.41) is 10.5. The molecule has 2 aliphatic rings. The number of thioether (sulfide) groups is 1. The van der Waals surface area contributed by atoms with Crippen LogP contribution in [-0.2, 0) is 0 Å². The Morgan fingerprint density at radius 2 is 2.00 bits per heavy atom. The van der Waals surface area contributed by atoms with Crippen molar-refractivity contribution >= 4 is 11.8 Å². The molecule has 0 radical (unpaired) electrons. The van der Waals surface area contributed by atoms with Crippen molar-refractivity contribution in [3.05, 3.63) is 0 Å². The summed E-state index contributed by atoms with van der Waals surface area (Å²) in [6, 6.07) is 0.244. The monoisotopic (exact) mass is 187 g/mol. The smallest absolute Gasteiger partial charge is 0.0594 e. The van der Waals surface area contributed by atoms with E-state index in [4.69, 9.17) is 5.73 Å². The molecule has 70 valence electrons. The van der Waals surface area contributed by atoms with Crippen molar-refractivity contribution in [3.8, 4) is 0 Å². The molecule has 2 fully saturated rings. The molecule has 3 N–H and O–H groups in total. The predicted octanol–water partition coefficient (Wildman–Crippen LogP) is 0.980. The van der Waals surface area contributed by atoms with Gasteiger partial charge in [-0.3, -0.25) is 0 Å². The second-order valence-corrected chi connectivity index (χ2v) is 5.24. The number of nitrogens with two attached hydrogens (primary N) is 1. The molecule has 3 heteroatoms. The summed E-state index contributed by atoms with van der Waals surface area (Å²) in [7, 11) is 0. The lowest BCUT2D eigenvalue weighted by Gasteiger charge is -2.23. The van der Waals surface area contributed by atoms with Crippen LogP contribution in [0.3, 0.4) is 0 Å². The van der Waals surface area contributed by atoms with Crippen molar-refractivity contribution in [2.75, 3.05) is 5.75 Å². The minimum Gasteiger partial charge on any atom is -0.393 e. The Balaban J connectivity index is 2.09. The highest BCUT2D eigenvalue weighted by Crippen LogP contribution is 2.40. The van der Waals surface area contributed by atoms with Crippen molar-refractivity contribution in [2.45, 2.75) is 43.1 Å². The molecule has 2 rings (SSSR count). The summed E-state index contributed by atoms with van der Waals surface area (Å²) in [4.78, 5) is 0. The first-order chi connectivity index (χ1) is 5.79. The molecule has 0 amide bonds. The first-order valence-electron chi connectivity index (χ1n) is 4.84. The molecule has 0 aromatic carbocycles. The summed E-state index contributed by atoms with van der Waals surface area (Å²) >= 11 is 1.97. The molecule has 1 aliphatic carbocycles. The van der Waals surface area contributed by atoms with Crippen molar-refractivity contribution in [1.29, 1.82) is 0 Å². The molecule has 0 aromatic rings. The van der Waals surface area contributed by atoms with Crippen LogP contribution in [0.25, 0.3) is 0 Å². The maximum atomic E-state index is 9.84. The summed E-state index contributed by atoms with van der Waals surface area (Å²) in [5.41, 5.74) is 5.97. The average molecular weight is 187 g/mol. The van der Waals surface area contributed by atoms with E-state index in [9.17, 15) is 5.11 Å². The van der Waals surface area contributed by atoms with Crippen LogP contribution in [0, 0.1) is 5.92 Å². The SMILES string of the molecule is NC1CSC2CCCCC(O)C12. The molecule has 4 atom stereocenters. The van der Waals surface area contributed by atoms with Gasteiger partial charge in [0.15, 0.2) is 0 Å². The molecule has 0 aromatic heterocycles. The fraction of sp³-hybridized carbons (Fsp3) is 1.00. The topological polar surface area (TPSA) is 46.2 Å². The zero-order valence-electron chi connectivity index (χ0n) is 7.28. The Morgan fingerprint density at radius 1 is 1.25 bits per heavy atom. The number of hydrogen-bond acceptors (Lipinski definition) is 3. The first kappa shape index (κ1) is 8.85. The zero-order chi connectivity index (χ0) is 8.55. The van der Waals surface area contributed by atoms with E-state index < -0.39 is 0 Å². The molecule has 4 unspecified atom stereocenters. The van der Waals surface area contributed by atoms with Gasteiger partial charge in [-0.1, -0.05) is 12.8 Å². The van der Waals surface area contributed by atoms with E-state index in [1.54, 1.807) is 0 Å². The Morgan fingerprint density at radius 3 is 2.83 bits per heavy atom. The minimum absolute atomic E-state index is 0.123. The van der Waals surface area contributed by atoms with Crippen molar-refractivity contribution in [1.82, 2.24) is 0 Å².